The van der Waals surface area contributed by atoms with E-state index in [4.69, 9.17) is 0 Å². The molecular formula is C6H11N3O3S. The Labute approximate surface area is 76.6 Å². The van der Waals surface area contributed by atoms with Crippen LogP contribution in [0, 0.1) is 0 Å². The number of hydrogen-bond donors (Lipinski definition) is 0. The highest BCUT2D eigenvalue weighted by atomic mass is 32.2. The number of hydrogen-bond acceptors (Lipinski definition) is 5. The van der Waals surface area contributed by atoms with Crippen LogP contribution in [0.5, 0.6) is 0 Å². The molecule has 0 aliphatic heterocycles. The van der Waals surface area contributed by atoms with Crippen molar-refractivity contribution in [3.8, 4) is 0 Å². The van der Waals surface area contributed by atoms with Crippen molar-refractivity contribution in [2.24, 2.45) is 0 Å². The molecule has 0 unspecified atom stereocenters. The van der Waals surface area contributed by atoms with E-state index in [-0.39, 0.29) is 6.61 Å². The smallest absolute Gasteiger partial charge is 0.264 e. The van der Waals surface area contributed by atoms with Gasteiger partial charge in [0.25, 0.3) is 10.1 Å². The van der Waals surface area contributed by atoms with Crippen LogP contribution in [0.4, 0.5) is 0 Å². The van der Waals surface area contributed by atoms with E-state index in [1.165, 1.54) is 4.80 Å². The summed E-state index contributed by atoms with van der Waals surface area (Å²) in [7, 11) is -3.32. The van der Waals surface area contributed by atoms with Crippen LogP contribution in [-0.4, -0.2) is 36.3 Å². The van der Waals surface area contributed by atoms with Gasteiger partial charge in [-0.3, -0.25) is 4.18 Å². The van der Waals surface area contributed by atoms with Crippen LogP contribution in [-0.2, 0) is 20.8 Å². The predicted molar refractivity (Wildman–Crippen MR) is 45.4 cm³/mol. The Morgan fingerprint density at radius 3 is 2.54 bits per heavy atom. The SMILES string of the molecule is CS(=O)(=O)OCCCn1nccn1. The molecule has 0 bridgehead atoms. The monoisotopic (exact) mass is 205 g/mol. The highest BCUT2D eigenvalue weighted by Crippen LogP contribution is 1.91. The van der Waals surface area contributed by atoms with Crippen molar-refractivity contribution in [2.75, 3.05) is 12.9 Å². The Morgan fingerprint density at radius 2 is 2.00 bits per heavy atom. The Kier molecular flexibility index (Phi) is 3.38. The van der Waals surface area contributed by atoms with Gasteiger partial charge in [-0.15, -0.1) is 0 Å². The first-order chi connectivity index (χ1) is 6.08. The van der Waals surface area contributed by atoms with Gasteiger partial charge in [0.2, 0.25) is 0 Å². The van der Waals surface area contributed by atoms with Gasteiger partial charge in [-0.1, -0.05) is 0 Å². The molecule has 0 N–H and O–H groups in total. The van der Waals surface area contributed by atoms with E-state index in [0.717, 1.165) is 6.26 Å². The average Bonchev–Trinajstić information content (AvgIpc) is 2.48. The minimum atomic E-state index is -3.32. The van der Waals surface area contributed by atoms with Gasteiger partial charge in [-0.2, -0.15) is 23.4 Å². The molecule has 7 heteroatoms. The molecule has 1 heterocycles. The van der Waals surface area contributed by atoms with Gasteiger partial charge in [0.05, 0.1) is 31.8 Å². The minimum absolute atomic E-state index is 0.167. The van der Waals surface area contributed by atoms with Gasteiger partial charge in [0.1, 0.15) is 0 Å². The predicted octanol–water partition coefficient (Wildman–Crippen LogP) is -0.356. The zero-order valence-corrected chi connectivity index (χ0v) is 8.07. The maximum Gasteiger partial charge on any atom is 0.264 e. The van der Waals surface area contributed by atoms with Crippen molar-refractivity contribution in [1.29, 1.82) is 0 Å². The number of aromatic nitrogens is 3. The third-order valence-corrected chi connectivity index (χ3v) is 1.86. The van der Waals surface area contributed by atoms with Crippen LogP contribution >= 0.6 is 0 Å². The van der Waals surface area contributed by atoms with Gasteiger partial charge >= 0.3 is 0 Å². The lowest BCUT2D eigenvalue weighted by Crippen LogP contribution is -2.08. The van der Waals surface area contributed by atoms with Crippen molar-refractivity contribution in [3.63, 3.8) is 0 Å². The largest absolute Gasteiger partial charge is 0.270 e. The maximum absolute atomic E-state index is 10.5. The van der Waals surface area contributed by atoms with Crippen molar-refractivity contribution in [3.05, 3.63) is 12.4 Å². The fourth-order valence-electron chi connectivity index (χ4n) is 0.775. The first-order valence-corrected chi connectivity index (χ1v) is 5.58. The summed E-state index contributed by atoms with van der Waals surface area (Å²) < 4.78 is 25.6. The molecule has 1 aromatic heterocycles. The first-order valence-electron chi connectivity index (χ1n) is 3.76. The van der Waals surface area contributed by atoms with E-state index in [9.17, 15) is 8.42 Å². The Bertz CT molecular complexity index is 332. The van der Waals surface area contributed by atoms with E-state index < -0.39 is 10.1 Å². The van der Waals surface area contributed by atoms with Crippen molar-refractivity contribution >= 4 is 10.1 Å². The summed E-state index contributed by atoms with van der Waals surface area (Å²) in [5, 5.41) is 7.70. The topological polar surface area (TPSA) is 74.1 Å². The summed E-state index contributed by atoms with van der Waals surface area (Å²) in [5.74, 6) is 0. The highest BCUT2D eigenvalue weighted by molar-refractivity contribution is 7.85. The third kappa shape index (κ3) is 4.58. The average molecular weight is 205 g/mol. The van der Waals surface area contributed by atoms with Crippen molar-refractivity contribution in [1.82, 2.24) is 15.0 Å². The lowest BCUT2D eigenvalue weighted by molar-refractivity contribution is 0.299. The second-order valence-electron chi connectivity index (χ2n) is 2.50. The van der Waals surface area contributed by atoms with E-state index >= 15 is 0 Å². The second kappa shape index (κ2) is 4.33. The molecule has 0 spiro atoms. The summed E-state index contributed by atoms with van der Waals surface area (Å²) in [4.78, 5) is 1.48. The molecule has 6 nitrogen and oxygen atoms in total. The zero-order chi connectivity index (χ0) is 9.73. The zero-order valence-electron chi connectivity index (χ0n) is 7.25. The lowest BCUT2D eigenvalue weighted by Gasteiger charge is -2.00. The molecule has 13 heavy (non-hydrogen) atoms. The summed E-state index contributed by atoms with van der Waals surface area (Å²) in [6.45, 7) is 0.725. The van der Waals surface area contributed by atoms with Gasteiger partial charge in [-0.25, -0.2) is 0 Å². The molecule has 0 atom stereocenters. The van der Waals surface area contributed by atoms with Crippen LogP contribution in [0.25, 0.3) is 0 Å². The molecule has 1 aromatic rings. The standard InChI is InChI=1S/C6H11N3O3S/c1-13(10,11)12-6-2-5-9-7-3-4-8-9/h3-4H,2,5-6H2,1H3. The normalized spacial score (nSPS) is 11.8. The van der Waals surface area contributed by atoms with Gasteiger partial charge in [-0.05, 0) is 6.42 Å². The molecule has 74 valence electrons. The summed E-state index contributed by atoms with van der Waals surface area (Å²) in [5.41, 5.74) is 0. The number of nitrogens with zero attached hydrogens (tertiary/aromatic N) is 3. The fourth-order valence-corrected chi connectivity index (χ4v) is 1.20. The minimum Gasteiger partial charge on any atom is -0.270 e. The molecule has 0 amide bonds. The van der Waals surface area contributed by atoms with E-state index in [2.05, 4.69) is 14.4 Å². The Balaban J connectivity index is 2.16. The summed E-state index contributed by atoms with van der Waals surface area (Å²) >= 11 is 0. The van der Waals surface area contributed by atoms with Crippen molar-refractivity contribution < 1.29 is 12.6 Å². The van der Waals surface area contributed by atoms with E-state index in [0.29, 0.717) is 13.0 Å². The summed E-state index contributed by atoms with van der Waals surface area (Å²) in [6, 6.07) is 0. The molecule has 1 rings (SSSR count). The van der Waals surface area contributed by atoms with E-state index in [1.807, 2.05) is 0 Å². The van der Waals surface area contributed by atoms with Crippen LogP contribution in [0.1, 0.15) is 6.42 Å². The molecular weight excluding hydrogens is 194 g/mol. The highest BCUT2D eigenvalue weighted by Gasteiger charge is 2.00. The molecule has 0 radical (unpaired) electrons. The van der Waals surface area contributed by atoms with Crippen LogP contribution in [0.15, 0.2) is 12.4 Å². The van der Waals surface area contributed by atoms with Crippen LogP contribution in [0.2, 0.25) is 0 Å². The number of aryl methyl sites for hydroxylation is 1. The van der Waals surface area contributed by atoms with Crippen LogP contribution < -0.4 is 0 Å². The van der Waals surface area contributed by atoms with Gasteiger partial charge < -0.3 is 0 Å². The summed E-state index contributed by atoms with van der Waals surface area (Å²) in [6.07, 6.45) is 4.73. The third-order valence-electron chi connectivity index (χ3n) is 1.27. The molecule has 0 saturated carbocycles. The second-order valence-corrected chi connectivity index (χ2v) is 4.15. The molecule has 0 aliphatic carbocycles. The van der Waals surface area contributed by atoms with Crippen molar-refractivity contribution in [2.45, 2.75) is 13.0 Å². The molecule has 0 saturated heterocycles. The lowest BCUT2D eigenvalue weighted by atomic mass is 10.5. The molecule has 0 aliphatic rings. The Morgan fingerprint density at radius 1 is 1.38 bits per heavy atom. The molecule has 0 fully saturated rings. The van der Waals surface area contributed by atoms with Gasteiger partial charge in [0.15, 0.2) is 0 Å². The van der Waals surface area contributed by atoms with Gasteiger partial charge in [0, 0.05) is 0 Å². The first kappa shape index (κ1) is 10.1. The maximum atomic E-state index is 10.5. The Hall–Kier alpha value is -0.950. The van der Waals surface area contributed by atoms with E-state index in [1.54, 1.807) is 12.4 Å². The van der Waals surface area contributed by atoms with Crippen LogP contribution in [0.3, 0.4) is 0 Å². The fraction of sp³-hybridized carbons (Fsp3) is 0.667. The molecule has 0 aromatic carbocycles. The number of rotatable bonds is 5. The quantitative estimate of drug-likeness (QED) is 0.485.